The lowest BCUT2D eigenvalue weighted by molar-refractivity contribution is 0.383. The maximum atomic E-state index is 12.0. The summed E-state index contributed by atoms with van der Waals surface area (Å²) in [5.74, 6) is 1.08. The molecule has 0 saturated carbocycles. The summed E-state index contributed by atoms with van der Waals surface area (Å²) in [6, 6.07) is 22.4. The van der Waals surface area contributed by atoms with E-state index in [1.165, 1.54) is 24.4 Å². The fourth-order valence-corrected chi connectivity index (χ4v) is 6.00. The van der Waals surface area contributed by atoms with Crippen molar-refractivity contribution in [3.63, 3.8) is 0 Å². The summed E-state index contributed by atoms with van der Waals surface area (Å²) in [5, 5.41) is 4.60. The number of benzene rings is 2. The second-order valence-electron chi connectivity index (χ2n) is 8.83. The molecule has 0 aliphatic carbocycles. The summed E-state index contributed by atoms with van der Waals surface area (Å²) >= 11 is 7.32. The zero-order valence-corrected chi connectivity index (χ0v) is 23.4. The van der Waals surface area contributed by atoms with Crippen LogP contribution in [0.15, 0.2) is 93.4 Å². The molecule has 2 aromatic carbocycles. The van der Waals surface area contributed by atoms with E-state index in [0.29, 0.717) is 28.0 Å². The first kappa shape index (κ1) is 26.1. The van der Waals surface area contributed by atoms with Crippen LogP contribution in [-0.4, -0.2) is 31.9 Å². The normalized spacial score (nSPS) is 17.3. The van der Waals surface area contributed by atoms with Crippen molar-refractivity contribution in [3.05, 3.63) is 96.0 Å². The minimum Gasteiger partial charge on any atom is -0.495 e. The van der Waals surface area contributed by atoms with Gasteiger partial charge in [-0.3, -0.25) is 9.71 Å². The molecule has 11 heteroatoms. The highest BCUT2D eigenvalue weighted by atomic mass is 32.2. The fourth-order valence-electron chi connectivity index (χ4n) is 4.32. The molecule has 196 valence electrons. The van der Waals surface area contributed by atoms with Gasteiger partial charge < -0.3 is 19.4 Å². The lowest BCUT2D eigenvalue weighted by atomic mass is 10.0. The van der Waals surface area contributed by atoms with Crippen LogP contribution in [0.4, 0.5) is 11.4 Å². The molecule has 1 aliphatic heterocycles. The summed E-state index contributed by atoms with van der Waals surface area (Å²) in [7, 11) is -2.05. The van der Waals surface area contributed by atoms with Gasteiger partial charge in [-0.2, -0.15) is 0 Å². The van der Waals surface area contributed by atoms with Crippen LogP contribution in [0.25, 0.3) is 0 Å². The highest BCUT2D eigenvalue weighted by Gasteiger charge is 2.42. The molecule has 0 bridgehead atoms. The first-order chi connectivity index (χ1) is 18.2. The van der Waals surface area contributed by atoms with Crippen molar-refractivity contribution in [2.45, 2.75) is 29.0 Å². The van der Waals surface area contributed by atoms with E-state index in [1.807, 2.05) is 41.3 Å². The van der Waals surface area contributed by atoms with Crippen LogP contribution in [0, 0.1) is 6.92 Å². The molecule has 1 fully saturated rings. The van der Waals surface area contributed by atoms with E-state index >= 15 is 0 Å². The summed E-state index contributed by atoms with van der Waals surface area (Å²) < 4.78 is 38.3. The van der Waals surface area contributed by atoms with Gasteiger partial charge in [-0.15, -0.1) is 0 Å². The van der Waals surface area contributed by atoms with E-state index in [2.05, 4.69) is 46.2 Å². The second-order valence-corrected chi connectivity index (χ2v) is 12.0. The van der Waals surface area contributed by atoms with E-state index < -0.39 is 10.0 Å². The Kier molecular flexibility index (Phi) is 7.33. The molecular weight excluding hydrogens is 541 g/mol. The van der Waals surface area contributed by atoms with Gasteiger partial charge in [0.1, 0.15) is 17.6 Å². The maximum Gasteiger partial charge on any atom is 0.229 e. The number of nitrogens with zero attached hydrogens (tertiary/aromatic N) is 2. The Morgan fingerprint density at radius 1 is 1.11 bits per heavy atom. The molecule has 1 saturated heterocycles. The molecule has 0 amide bonds. The lowest BCUT2D eigenvalue weighted by Gasteiger charge is -2.27. The number of aromatic nitrogens is 1. The van der Waals surface area contributed by atoms with E-state index in [0.717, 1.165) is 21.9 Å². The van der Waals surface area contributed by atoms with Gasteiger partial charge in [-0.1, -0.05) is 35.5 Å². The third-order valence-electron chi connectivity index (χ3n) is 5.99. The molecule has 38 heavy (non-hydrogen) atoms. The van der Waals surface area contributed by atoms with Gasteiger partial charge in [-0.25, -0.2) is 8.42 Å². The number of pyridine rings is 1. The van der Waals surface area contributed by atoms with Gasteiger partial charge in [0.05, 0.1) is 30.8 Å². The Hall–Kier alpha value is -3.54. The first-order valence-electron chi connectivity index (χ1n) is 11.7. The largest absolute Gasteiger partial charge is 0.495 e. The van der Waals surface area contributed by atoms with Crippen molar-refractivity contribution >= 4 is 50.5 Å². The molecule has 0 spiro atoms. The predicted octanol–water partition coefficient (Wildman–Crippen LogP) is 5.69. The number of aryl methyl sites for hydroxylation is 1. The smallest absolute Gasteiger partial charge is 0.229 e. The number of methoxy groups -OCH3 is 1. The average molecular weight is 567 g/mol. The van der Waals surface area contributed by atoms with Crippen molar-refractivity contribution in [2.75, 3.05) is 23.0 Å². The second kappa shape index (κ2) is 10.7. The molecule has 0 radical (unpaired) electrons. The number of ether oxygens (including phenoxy) is 1. The van der Waals surface area contributed by atoms with Gasteiger partial charge in [0, 0.05) is 16.8 Å². The molecule has 8 nitrogen and oxygen atoms in total. The number of furan rings is 1. The Labute approximate surface area is 231 Å². The van der Waals surface area contributed by atoms with Gasteiger partial charge >= 0.3 is 0 Å². The zero-order valence-electron chi connectivity index (χ0n) is 20.9. The van der Waals surface area contributed by atoms with Crippen LogP contribution < -0.4 is 19.7 Å². The molecule has 0 unspecified atom stereocenters. The van der Waals surface area contributed by atoms with Crippen molar-refractivity contribution in [3.8, 4) is 5.75 Å². The lowest BCUT2D eigenvalue weighted by Crippen LogP contribution is -2.29. The van der Waals surface area contributed by atoms with Crippen LogP contribution in [0.5, 0.6) is 5.75 Å². The van der Waals surface area contributed by atoms with Crippen LogP contribution in [0.1, 0.15) is 29.1 Å². The quantitative estimate of drug-likeness (QED) is 0.261. The van der Waals surface area contributed by atoms with Gasteiger partial charge in [0.15, 0.2) is 10.2 Å². The maximum absolute atomic E-state index is 12.0. The van der Waals surface area contributed by atoms with Gasteiger partial charge in [0.25, 0.3) is 0 Å². The van der Waals surface area contributed by atoms with Crippen LogP contribution in [-0.2, 0) is 10.0 Å². The Morgan fingerprint density at radius 3 is 2.58 bits per heavy atom. The number of hydrogen-bond donors (Lipinski definition) is 2. The summed E-state index contributed by atoms with van der Waals surface area (Å²) in [6.45, 7) is 2.05. The Morgan fingerprint density at radius 2 is 1.89 bits per heavy atom. The van der Waals surface area contributed by atoms with E-state index in [9.17, 15) is 8.42 Å². The zero-order chi connectivity index (χ0) is 26.9. The minimum absolute atomic E-state index is 0.305. The third kappa shape index (κ3) is 5.64. The van der Waals surface area contributed by atoms with Crippen molar-refractivity contribution in [1.29, 1.82) is 0 Å². The number of hydrogen-bond acceptors (Lipinski definition) is 7. The van der Waals surface area contributed by atoms with E-state index in [1.54, 1.807) is 18.3 Å². The molecule has 2 atom stereocenters. The molecule has 4 aromatic rings. The minimum atomic E-state index is -3.54. The number of nitrogens with one attached hydrogen (secondary N) is 2. The average Bonchev–Trinajstić information content (AvgIpc) is 3.49. The standard InChI is InChI=1S/C27H26N4O4S3/c1-17-7-10-19(11-8-17)37-24-14-13-23(35-24)26-25(20-6-4-5-15-28-20)29-27(36)31(26)18-9-12-22(34-2)21(16-18)30-38(3,32)33/h4-16,25-26,30H,1-3H3,(H,29,36)/t25-,26-/m0/s1. The number of sulfonamides is 1. The van der Waals surface area contributed by atoms with Crippen molar-refractivity contribution < 1.29 is 17.6 Å². The monoisotopic (exact) mass is 566 g/mol. The fraction of sp³-hybridized carbons (Fsp3) is 0.185. The number of anilines is 2. The molecular formula is C27H26N4O4S3. The highest BCUT2D eigenvalue weighted by molar-refractivity contribution is 7.99. The molecule has 1 aliphatic rings. The predicted molar refractivity (Wildman–Crippen MR) is 153 cm³/mol. The first-order valence-corrected chi connectivity index (χ1v) is 14.8. The van der Waals surface area contributed by atoms with Gasteiger partial charge in [0.2, 0.25) is 10.0 Å². The SMILES string of the molecule is COc1ccc(N2C(=S)N[C@@H](c3ccccn3)[C@@H]2c2ccc(Sc3ccc(C)cc3)o2)cc1NS(C)(=O)=O. The summed E-state index contributed by atoms with van der Waals surface area (Å²) in [4.78, 5) is 7.56. The summed E-state index contributed by atoms with van der Waals surface area (Å²) in [6.07, 6.45) is 2.83. The van der Waals surface area contributed by atoms with Crippen molar-refractivity contribution in [2.24, 2.45) is 0 Å². The van der Waals surface area contributed by atoms with Gasteiger partial charge in [-0.05, 0) is 73.7 Å². The number of rotatable bonds is 8. The topological polar surface area (TPSA) is 96.7 Å². The summed E-state index contributed by atoms with van der Waals surface area (Å²) in [5.41, 5.74) is 2.97. The van der Waals surface area contributed by atoms with E-state index in [4.69, 9.17) is 21.4 Å². The molecule has 3 heterocycles. The Bertz CT molecular complexity index is 1560. The number of thiocarbonyl (C=S) groups is 1. The van der Waals surface area contributed by atoms with Crippen LogP contribution in [0.2, 0.25) is 0 Å². The molecule has 2 N–H and O–H groups in total. The van der Waals surface area contributed by atoms with Crippen LogP contribution >= 0.6 is 24.0 Å². The third-order valence-corrected chi connectivity index (χ3v) is 7.82. The van der Waals surface area contributed by atoms with Crippen LogP contribution in [0.3, 0.4) is 0 Å². The molecule has 2 aromatic heterocycles. The molecule has 5 rings (SSSR count). The Balaban J connectivity index is 1.55. The van der Waals surface area contributed by atoms with Crippen molar-refractivity contribution in [1.82, 2.24) is 10.3 Å². The van der Waals surface area contributed by atoms with E-state index in [-0.39, 0.29) is 12.1 Å². The highest BCUT2D eigenvalue weighted by Crippen LogP contribution is 2.44.